The SMILES string of the molecule is [CH2]C(C)(OO)c1ccccc1. The molecule has 2 heteroatoms. The second-order valence-corrected chi connectivity index (χ2v) is 2.69. The predicted octanol–water partition coefficient (Wildman–Crippen LogP) is 2.23. The molecule has 0 aliphatic rings. The Bertz CT molecular complexity index is 216. The van der Waals surface area contributed by atoms with Crippen LogP contribution in [-0.4, -0.2) is 5.26 Å². The molecule has 0 bridgehead atoms. The van der Waals surface area contributed by atoms with Gasteiger partial charge in [-0.2, -0.15) is 0 Å². The minimum absolute atomic E-state index is 0.850. The normalized spacial score (nSPS) is 11.5. The Labute approximate surface area is 66.4 Å². The van der Waals surface area contributed by atoms with Crippen LogP contribution in [0.25, 0.3) is 0 Å². The van der Waals surface area contributed by atoms with E-state index in [-0.39, 0.29) is 0 Å². The molecule has 0 amide bonds. The molecule has 0 spiro atoms. The van der Waals surface area contributed by atoms with Crippen molar-refractivity contribution >= 4 is 0 Å². The lowest BCUT2D eigenvalue weighted by molar-refractivity contribution is -0.308. The molecule has 0 heterocycles. The van der Waals surface area contributed by atoms with Crippen LogP contribution >= 0.6 is 0 Å². The molecule has 0 aliphatic carbocycles. The topological polar surface area (TPSA) is 29.5 Å². The van der Waals surface area contributed by atoms with E-state index >= 15 is 0 Å². The highest BCUT2D eigenvalue weighted by Gasteiger charge is 2.20. The molecule has 0 aliphatic heterocycles. The molecule has 0 saturated carbocycles. The summed E-state index contributed by atoms with van der Waals surface area (Å²) in [5.74, 6) is 0. The first kappa shape index (κ1) is 8.24. The van der Waals surface area contributed by atoms with Crippen molar-refractivity contribution in [1.82, 2.24) is 0 Å². The molecule has 1 unspecified atom stereocenters. The van der Waals surface area contributed by atoms with E-state index in [0.29, 0.717) is 0 Å². The smallest absolute Gasteiger partial charge is 0.125 e. The van der Waals surface area contributed by atoms with Crippen LogP contribution in [0.15, 0.2) is 30.3 Å². The lowest BCUT2D eigenvalue weighted by atomic mass is 9.99. The summed E-state index contributed by atoms with van der Waals surface area (Å²) in [7, 11) is 0. The first-order valence-corrected chi connectivity index (χ1v) is 3.40. The summed E-state index contributed by atoms with van der Waals surface area (Å²) >= 11 is 0. The Morgan fingerprint density at radius 1 is 1.36 bits per heavy atom. The Morgan fingerprint density at radius 2 is 1.91 bits per heavy atom. The quantitative estimate of drug-likeness (QED) is 0.518. The first-order chi connectivity index (χ1) is 5.17. The van der Waals surface area contributed by atoms with Gasteiger partial charge in [0.05, 0.1) is 0 Å². The molecule has 1 atom stereocenters. The molecule has 0 fully saturated rings. The van der Waals surface area contributed by atoms with Gasteiger partial charge in [-0.3, -0.25) is 5.26 Å². The number of benzene rings is 1. The van der Waals surface area contributed by atoms with E-state index in [1.165, 1.54) is 0 Å². The van der Waals surface area contributed by atoms with E-state index in [1.807, 2.05) is 30.3 Å². The van der Waals surface area contributed by atoms with Gasteiger partial charge in [0, 0.05) is 0 Å². The summed E-state index contributed by atoms with van der Waals surface area (Å²) in [6.07, 6.45) is 0. The van der Waals surface area contributed by atoms with Crippen LogP contribution in [0.2, 0.25) is 0 Å². The number of hydrogen-bond donors (Lipinski definition) is 1. The molecule has 1 N–H and O–H groups in total. The second-order valence-electron chi connectivity index (χ2n) is 2.69. The largest absolute Gasteiger partial charge is 0.251 e. The highest BCUT2D eigenvalue weighted by molar-refractivity contribution is 5.22. The van der Waals surface area contributed by atoms with Crippen LogP contribution in [0.4, 0.5) is 0 Å². The lowest BCUT2D eigenvalue weighted by Gasteiger charge is -2.20. The Balaban J connectivity index is 2.93. The fraction of sp³-hybridized carbons (Fsp3) is 0.222. The fourth-order valence-corrected chi connectivity index (χ4v) is 0.843. The van der Waals surface area contributed by atoms with Crippen molar-refractivity contribution in [2.45, 2.75) is 12.5 Å². The first-order valence-electron chi connectivity index (χ1n) is 3.40. The van der Waals surface area contributed by atoms with E-state index in [9.17, 15) is 0 Å². The van der Waals surface area contributed by atoms with E-state index in [4.69, 9.17) is 5.26 Å². The predicted molar refractivity (Wildman–Crippen MR) is 42.9 cm³/mol. The third-order valence-corrected chi connectivity index (χ3v) is 1.59. The van der Waals surface area contributed by atoms with Crippen LogP contribution in [0, 0.1) is 6.92 Å². The van der Waals surface area contributed by atoms with Gasteiger partial charge in [0.2, 0.25) is 0 Å². The zero-order valence-electron chi connectivity index (χ0n) is 6.45. The van der Waals surface area contributed by atoms with Crippen molar-refractivity contribution < 1.29 is 10.1 Å². The van der Waals surface area contributed by atoms with Crippen molar-refractivity contribution in [3.05, 3.63) is 42.8 Å². The average molecular weight is 151 g/mol. The Morgan fingerprint density at radius 3 is 2.36 bits per heavy atom. The van der Waals surface area contributed by atoms with Gasteiger partial charge in [-0.05, 0) is 19.4 Å². The van der Waals surface area contributed by atoms with Crippen molar-refractivity contribution in [2.75, 3.05) is 0 Å². The second kappa shape index (κ2) is 3.03. The molecule has 0 aromatic heterocycles. The standard InChI is InChI=1S/C9H11O2/c1-9(2,11-10)8-6-4-3-5-7-8/h3-7,10H,1H2,2H3. The summed E-state index contributed by atoms with van der Waals surface area (Å²) in [6, 6.07) is 9.35. The monoisotopic (exact) mass is 151 g/mol. The molecule has 1 rings (SSSR count). The van der Waals surface area contributed by atoms with Gasteiger partial charge in [-0.15, -0.1) is 0 Å². The van der Waals surface area contributed by atoms with Gasteiger partial charge < -0.3 is 0 Å². The highest BCUT2D eigenvalue weighted by Crippen LogP contribution is 2.21. The summed E-state index contributed by atoms with van der Waals surface area (Å²) in [6.45, 7) is 5.38. The van der Waals surface area contributed by atoms with Crippen molar-refractivity contribution in [3.8, 4) is 0 Å². The van der Waals surface area contributed by atoms with Crippen LogP contribution < -0.4 is 0 Å². The minimum Gasteiger partial charge on any atom is -0.251 e. The van der Waals surface area contributed by atoms with E-state index < -0.39 is 5.60 Å². The molecule has 0 saturated heterocycles. The van der Waals surface area contributed by atoms with Crippen molar-refractivity contribution in [2.24, 2.45) is 0 Å². The molecule has 11 heavy (non-hydrogen) atoms. The van der Waals surface area contributed by atoms with Gasteiger partial charge in [-0.25, -0.2) is 4.89 Å². The van der Waals surface area contributed by atoms with Crippen molar-refractivity contribution in [1.29, 1.82) is 0 Å². The summed E-state index contributed by atoms with van der Waals surface area (Å²) in [5.41, 5.74) is -0.0103. The number of hydrogen-bond acceptors (Lipinski definition) is 2. The zero-order chi connectivity index (χ0) is 8.32. The van der Waals surface area contributed by atoms with Gasteiger partial charge in [0.25, 0.3) is 0 Å². The Hall–Kier alpha value is -0.860. The number of rotatable bonds is 2. The molecular weight excluding hydrogens is 140 g/mol. The molecule has 1 aromatic rings. The summed E-state index contributed by atoms with van der Waals surface area (Å²) < 4.78 is 0. The van der Waals surface area contributed by atoms with E-state index in [2.05, 4.69) is 11.8 Å². The average Bonchev–Trinajstić information content (AvgIpc) is 2.06. The highest BCUT2D eigenvalue weighted by atomic mass is 17.1. The van der Waals surface area contributed by atoms with Gasteiger partial charge in [0.15, 0.2) is 0 Å². The van der Waals surface area contributed by atoms with Gasteiger partial charge in [-0.1, -0.05) is 30.3 Å². The molecule has 1 radical (unpaired) electrons. The maximum Gasteiger partial charge on any atom is 0.125 e. The summed E-state index contributed by atoms with van der Waals surface area (Å²) in [4.78, 5) is 4.21. The maximum atomic E-state index is 8.48. The van der Waals surface area contributed by atoms with E-state index in [0.717, 1.165) is 5.56 Å². The van der Waals surface area contributed by atoms with E-state index in [1.54, 1.807) is 6.92 Å². The van der Waals surface area contributed by atoms with Crippen LogP contribution in [0.3, 0.4) is 0 Å². The lowest BCUT2D eigenvalue weighted by Crippen LogP contribution is -2.19. The third kappa shape index (κ3) is 1.79. The minimum atomic E-state index is -0.860. The molecular formula is C9H11O2. The van der Waals surface area contributed by atoms with Gasteiger partial charge >= 0.3 is 0 Å². The van der Waals surface area contributed by atoms with Crippen LogP contribution in [0.1, 0.15) is 12.5 Å². The summed E-state index contributed by atoms with van der Waals surface area (Å²) in [5, 5.41) is 8.48. The molecule has 2 nitrogen and oxygen atoms in total. The maximum absolute atomic E-state index is 8.48. The zero-order valence-corrected chi connectivity index (χ0v) is 6.45. The van der Waals surface area contributed by atoms with Gasteiger partial charge in [0.1, 0.15) is 5.60 Å². The molecule has 1 aromatic carbocycles. The van der Waals surface area contributed by atoms with Crippen molar-refractivity contribution in [3.63, 3.8) is 0 Å². The molecule has 59 valence electrons. The van der Waals surface area contributed by atoms with Crippen LogP contribution in [-0.2, 0) is 10.5 Å². The van der Waals surface area contributed by atoms with Crippen LogP contribution in [0.5, 0.6) is 0 Å². The third-order valence-electron chi connectivity index (χ3n) is 1.59. The fourth-order valence-electron chi connectivity index (χ4n) is 0.843. The Kier molecular flexibility index (Phi) is 2.27.